The van der Waals surface area contributed by atoms with Gasteiger partial charge in [-0.15, -0.1) is 0 Å². The van der Waals surface area contributed by atoms with Crippen LogP contribution in [0.1, 0.15) is 98.0 Å². The first-order valence-electron chi connectivity index (χ1n) is 18.0. The molecule has 5 N–H and O–H groups in total. The summed E-state index contributed by atoms with van der Waals surface area (Å²) < 4.78 is 5.74. The van der Waals surface area contributed by atoms with Crippen LogP contribution in [0, 0.1) is 29.6 Å². The van der Waals surface area contributed by atoms with Crippen molar-refractivity contribution in [1.29, 1.82) is 0 Å². The van der Waals surface area contributed by atoms with Crippen molar-refractivity contribution in [3.8, 4) is 0 Å². The molecule has 0 spiro atoms. The summed E-state index contributed by atoms with van der Waals surface area (Å²) in [6.45, 7) is 10.1. The van der Waals surface area contributed by atoms with E-state index in [2.05, 4.69) is 21.3 Å². The van der Waals surface area contributed by atoms with Crippen molar-refractivity contribution in [2.24, 2.45) is 29.6 Å². The minimum atomic E-state index is -1.01. The van der Waals surface area contributed by atoms with Gasteiger partial charge in [0.15, 0.2) is 0 Å². The van der Waals surface area contributed by atoms with Gasteiger partial charge < -0.3 is 31.1 Å². The number of hydrogen-bond donors (Lipinski definition) is 5. The Morgan fingerprint density at radius 2 is 1.58 bits per heavy atom. The number of ether oxygens (including phenoxy) is 1. The first-order chi connectivity index (χ1) is 22.9. The topological polar surface area (TPSA) is 146 Å². The number of alkyl carbamates (subject to hydrolysis) is 1. The number of nitrogens with one attached hydrogen (secondary N) is 4. The Kier molecular flexibility index (Phi) is 16.5. The number of aliphatic hydroxyl groups excluding tert-OH is 1. The fourth-order valence-electron chi connectivity index (χ4n) is 7.24. The van der Waals surface area contributed by atoms with Gasteiger partial charge in [0.2, 0.25) is 17.7 Å². The van der Waals surface area contributed by atoms with E-state index in [-0.39, 0.29) is 42.1 Å². The molecule has 4 amide bonds. The van der Waals surface area contributed by atoms with Crippen LogP contribution < -0.4 is 21.3 Å². The standard InChI is InChI=1S/C37H60N4O6S/c1-7-12-28(34(43)41-33(24(4)5)36(45)38-21-25-13-9-8-10-14-25)20-32(42)30(17-23(2)3)39-35(44)31(22-48-6)40-37(46)47-29-18-26-15-11-16-27(26)19-29/h8-10,13-14,23-24,26-33,42H,7,11-12,15-22H2,1-6H3,(H,38,45)(H,39,44)(H,40,46)(H,41,43)/t26-,27+,28-,29?,30+,31+,32+,33+/m1/s1. The molecular weight excluding hydrogens is 628 g/mol. The number of hydrogen-bond acceptors (Lipinski definition) is 7. The van der Waals surface area contributed by atoms with Gasteiger partial charge in [-0.2, -0.15) is 11.8 Å². The molecule has 0 heterocycles. The maximum Gasteiger partial charge on any atom is 0.408 e. The van der Waals surface area contributed by atoms with Crippen LogP contribution in [0.3, 0.4) is 0 Å². The Hall–Kier alpha value is -2.79. The molecule has 8 atom stereocenters. The van der Waals surface area contributed by atoms with Gasteiger partial charge in [0.1, 0.15) is 18.2 Å². The minimum absolute atomic E-state index is 0.110. The van der Waals surface area contributed by atoms with Gasteiger partial charge >= 0.3 is 6.09 Å². The molecule has 1 unspecified atom stereocenters. The summed E-state index contributed by atoms with van der Waals surface area (Å²) in [6.07, 6.45) is 7.45. The van der Waals surface area contributed by atoms with Crippen molar-refractivity contribution in [2.45, 2.75) is 129 Å². The fraction of sp³-hybridized carbons (Fsp3) is 0.730. The van der Waals surface area contributed by atoms with E-state index in [9.17, 15) is 24.3 Å². The SMILES string of the molecule is CCC[C@H](C[C@H](O)[C@H](CC(C)C)NC(=O)[C@H](CSC)NC(=O)OC1C[C@H]2CCC[C@H]2C1)C(=O)N[C@H](C(=O)NCc1ccccc1)C(C)C. The first-order valence-corrected chi connectivity index (χ1v) is 19.4. The minimum Gasteiger partial charge on any atom is -0.446 e. The third kappa shape index (κ3) is 12.6. The Morgan fingerprint density at radius 1 is 0.917 bits per heavy atom. The van der Waals surface area contributed by atoms with Crippen LogP contribution in [0.4, 0.5) is 4.79 Å². The molecule has 2 fully saturated rings. The highest BCUT2D eigenvalue weighted by Crippen LogP contribution is 2.44. The highest BCUT2D eigenvalue weighted by molar-refractivity contribution is 7.98. The van der Waals surface area contributed by atoms with E-state index >= 15 is 0 Å². The van der Waals surface area contributed by atoms with E-state index in [1.807, 2.05) is 71.2 Å². The monoisotopic (exact) mass is 688 g/mol. The van der Waals surface area contributed by atoms with Crippen molar-refractivity contribution in [3.05, 3.63) is 35.9 Å². The maximum atomic E-state index is 13.6. The van der Waals surface area contributed by atoms with Crippen LogP contribution in [-0.2, 0) is 25.7 Å². The molecule has 0 radical (unpaired) electrons. The van der Waals surface area contributed by atoms with E-state index in [0.29, 0.717) is 43.4 Å². The summed E-state index contributed by atoms with van der Waals surface area (Å²) in [7, 11) is 0. The summed E-state index contributed by atoms with van der Waals surface area (Å²) in [5.41, 5.74) is 0.965. The number of amides is 4. The number of benzene rings is 1. The second kappa shape index (κ2) is 20.0. The molecule has 270 valence electrons. The third-order valence-electron chi connectivity index (χ3n) is 9.77. The predicted octanol–water partition coefficient (Wildman–Crippen LogP) is 5.18. The number of aliphatic hydroxyl groups is 1. The maximum absolute atomic E-state index is 13.6. The fourth-order valence-corrected chi connectivity index (χ4v) is 7.81. The molecule has 0 aromatic heterocycles. The van der Waals surface area contributed by atoms with E-state index in [4.69, 9.17) is 4.74 Å². The van der Waals surface area contributed by atoms with Gasteiger partial charge in [-0.25, -0.2) is 4.79 Å². The van der Waals surface area contributed by atoms with E-state index in [1.54, 1.807) is 0 Å². The normalized spacial score (nSPS) is 21.9. The van der Waals surface area contributed by atoms with Crippen LogP contribution >= 0.6 is 11.8 Å². The number of carbonyl (C=O) groups is 4. The molecule has 10 nitrogen and oxygen atoms in total. The van der Waals surface area contributed by atoms with E-state index in [0.717, 1.165) is 18.4 Å². The van der Waals surface area contributed by atoms with Crippen molar-refractivity contribution in [3.63, 3.8) is 0 Å². The van der Waals surface area contributed by atoms with Crippen molar-refractivity contribution < 1.29 is 29.0 Å². The lowest BCUT2D eigenvalue weighted by Gasteiger charge is -2.31. The molecule has 0 saturated heterocycles. The molecule has 11 heteroatoms. The van der Waals surface area contributed by atoms with Crippen LogP contribution in [0.2, 0.25) is 0 Å². The second-order valence-corrected chi connectivity index (χ2v) is 15.5. The third-order valence-corrected chi connectivity index (χ3v) is 10.4. The molecule has 0 aliphatic heterocycles. The highest BCUT2D eigenvalue weighted by Gasteiger charge is 2.39. The van der Waals surface area contributed by atoms with Gasteiger partial charge in [-0.05, 0) is 67.6 Å². The lowest BCUT2D eigenvalue weighted by atomic mass is 9.88. The Labute approximate surface area is 292 Å². The van der Waals surface area contributed by atoms with Gasteiger partial charge in [0.05, 0.1) is 12.1 Å². The molecule has 1 aromatic rings. The predicted molar refractivity (Wildman–Crippen MR) is 191 cm³/mol. The zero-order valence-electron chi connectivity index (χ0n) is 29.8. The summed E-state index contributed by atoms with van der Waals surface area (Å²) in [5, 5.41) is 23.1. The van der Waals surface area contributed by atoms with Crippen LogP contribution in [0.5, 0.6) is 0 Å². The van der Waals surface area contributed by atoms with Crippen molar-refractivity contribution >= 4 is 35.6 Å². The average molecular weight is 689 g/mol. The largest absolute Gasteiger partial charge is 0.446 e. The zero-order chi connectivity index (χ0) is 35.2. The molecule has 2 saturated carbocycles. The molecule has 48 heavy (non-hydrogen) atoms. The Bertz CT molecular complexity index is 1160. The van der Waals surface area contributed by atoms with Crippen LogP contribution in [-0.4, -0.2) is 71.3 Å². The molecule has 2 aliphatic carbocycles. The smallest absolute Gasteiger partial charge is 0.408 e. The van der Waals surface area contributed by atoms with E-state index < -0.39 is 36.2 Å². The number of thioether (sulfide) groups is 1. The van der Waals surface area contributed by atoms with Crippen LogP contribution in [0.25, 0.3) is 0 Å². The van der Waals surface area contributed by atoms with Gasteiger partial charge in [0.25, 0.3) is 0 Å². The summed E-state index contributed by atoms with van der Waals surface area (Å²) in [6, 6.07) is 7.41. The average Bonchev–Trinajstić information content (AvgIpc) is 3.63. The molecule has 2 aliphatic rings. The number of carbonyl (C=O) groups excluding carboxylic acids is 4. The molecule has 1 aromatic carbocycles. The van der Waals surface area contributed by atoms with Gasteiger partial charge in [-0.1, -0.05) is 90.6 Å². The Morgan fingerprint density at radius 3 is 2.17 bits per heavy atom. The molecular formula is C37H60N4O6S. The van der Waals surface area contributed by atoms with Crippen molar-refractivity contribution in [1.82, 2.24) is 21.3 Å². The summed E-state index contributed by atoms with van der Waals surface area (Å²) in [4.78, 5) is 53.1. The summed E-state index contributed by atoms with van der Waals surface area (Å²) >= 11 is 1.44. The van der Waals surface area contributed by atoms with E-state index in [1.165, 1.54) is 31.0 Å². The molecule has 0 bridgehead atoms. The highest BCUT2D eigenvalue weighted by atomic mass is 32.2. The van der Waals surface area contributed by atoms with Gasteiger partial charge in [-0.3, -0.25) is 14.4 Å². The lowest BCUT2D eigenvalue weighted by Crippen LogP contribution is -2.55. The second-order valence-electron chi connectivity index (χ2n) is 14.6. The van der Waals surface area contributed by atoms with Crippen molar-refractivity contribution in [2.75, 3.05) is 12.0 Å². The van der Waals surface area contributed by atoms with Gasteiger partial charge in [0, 0.05) is 18.2 Å². The quantitative estimate of drug-likeness (QED) is 0.135. The lowest BCUT2D eigenvalue weighted by molar-refractivity contribution is -0.133. The van der Waals surface area contributed by atoms with Crippen LogP contribution in [0.15, 0.2) is 30.3 Å². The molecule has 3 rings (SSSR count). The summed E-state index contributed by atoms with van der Waals surface area (Å²) in [5.74, 6) is 0.138. The first kappa shape index (κ1) is 39.6. The number of rotatable bonds is 19. The number of fused-ring (bicyclic) bond motifs is 1. The zero-order valence-corrected chi connectivity index (χ0v) is 30.7. The Balaban J connectivity index is 1.61.